The van der Waals surface area contributed by atoms with Gasteiger partial charge >= 0.3 is 0 Å². The molecule has 2 aromatic heterocycles. The van der Waals surface area contributed by atoms with Gasteiger partial charge in [-0.25, -0.2) is 4.98 Å². The molecule has 7 rings (SSSR count). The van der Waals surface area contributed by atoms with Crippen LogP contribution in [0.1, 0.15) is 11.1 Å². The number of nitrogens with zero attached hydrogens (tertiary/aromatic N) is 3. The number of hydrogen-bond donors (Lipinski definition) is 0. The van der Waals surface area contributed by atoms with E-state index in [1.54, 1.807) is 60.8 Å². The largest absolute Gasteiger partial charge is 0.488 e. The maximum atomic E-state index is 13.8. The fourth-order valence-electron chi connectivity index (χ4n) is 4.96. The van der Waals surface area contributed by atoms with Gasteiger partial charge in [-0.1, -0.05) is 83.3 Å². The van der Waals surface area contributed by atoms with Crippen LogP contribution in [0.3, 0.4) is 0 Å². The van der Waals surface area contributed by atoms with Gasteiger partial charge < -0.3 is 9.15 Å². The Labute approximate surface area is 260 Å². The SMILES string of the molecule is O=c1c2ccccc2nc(-c2cc3cc(Cl)ccc3o2)n1N=Cc1c(OCc2ccc(Cl)cc2Cl)ccc2ccccc12. The molecule has 7 aromatic rings. The quantitative estimate of drug-likeness (QED) is 0.173. The van der Waals surface area contributed by atoms with Crippen molar-refractivity contribution in [3.05, 3.63) is 140 Å². The Hall–Kier alpha value is -4.62. The van der Waals surface area contributed by atoms with E-state index in [-0.39, 0.29) is 18.0 Å². The van der Waals surface area contributed by atoms with Crippen molar-refractivity contribution >= 4 is 73.7 Å². The number of aromatic nitrogens is 2. The van der Waals surface area contributed by atoms with E-state index < -0.39 is 0 Å². The summed E-state index contributed by atoms with van der Waals surface area (Å²) in [5.74, 6) is 1.20. The van der Waals surface area contributed by atoms with E-state index >= 15 is 0 Å². The van der Waals surface area contributed by atoms with E-state index in [2.05, 4.69) is 0 Å². The Morgan fingerprint density at radius 2 is 1.58 bits per heavy atom. The second-order valence-electron chi connectivity index (χ2n) is 9.83. The molecule has 0 fully saturated rings. The smallest absolute Gasteiger partial charge is 0.282 e. The fraction of sp³-hybridized carbons (Fsp3) is 0.0294. The topological polar surface area (TPSA) is 69.6 Å². The summed E-state index contributed by atoms with van der Waals surface area (Å²) in [5, 5.41) is 9.41. The average Bonchev–Trinajstić information content (AvgIpc) is 3.43. The van der Waals surface area contributed by atoms with Crippen LogP contribution in [0.25, 0.3) is 44.2 Å². The van der Waals surface area contributed by atoms with Crippen molar-refractivity contribution in [2.45, 2.75) is 6.61 Å². The molecular weight excluding hydrogens is 605 g/mol. The lowest BCUT2D eigenvalue weighted by Crippen LogP contribution is -2.20. The third kappa shape index (κ3) is 5.25. The van der Waals surface area contributed by atoms with Gasteiger partial charge in [-0.05, 0) is 65.4 Å². The van der Waals surface area contributed by atoms with Crippen molar-refractivity contribution in [2.24, 2.45) is 5.10 Å². The molecule has 0 bridgehead atoms. The summed E-state index contributed by atoms with van der Waals surface area (Å²) in [6.07, 6.45) is 1.61. The average molecular weight is 625 g/mol. The molecule has 0 saturated carbocycles. The van der Waals surface area contributed by atoms with Crippen LogP contribution < -0.4 is 10.3 Å². The molecular formula is C34H20Cl3N3O3. The first kappa shape index (κ1) is 27.2. The first-order valence-corrected chi connectivity index (χ1v) is 14.4. The van der Waals surface area contributed by atoms with Crippen LogP contribution in [0.15, 0.2) is 117 Å². The first-order chi connectivity index (χ1) is 20.9. The number of rotatable bonds is 6. The standard InChI is InChI=1S/C34H20Cl3N3O3/c35-23-12-14-30-22(15-23)16-32(43-30)33-39-29-8-4-3-7-26(29)34(41)40(33)38-18-27-25-6-2-1-5-20(25)10-13-31(27)42-19-21-9-11-24(36)17-28(21)37/h1-18H,19H2. The van der Waals surface area contributed by atoms with E-state index in [4.69, 9.17) is 54.0 Å². The van der Waals surface area contributed by atoms with Crippen molar-refractivity contribution in [3.63, 3.8) is 0 Å². The summed E-state index contributed by atoms with van der Waals surface area (Å²) < 4.78 is 13.6. The van der Waals surface area contributed by atoms with Crippen LogP contribution in [-0.2, 0) is 6.61 Å². The highest BCUT2D eigenvalue weighted by Crippen LogP contribution is 2.31. The van der Waals surface area contributed by atoms with Crippen LogP contribution >= 0.6 is 34.8 Å². The van der Waals surface area contributed by atoms with E-state index in [0.29, 0.717) is 48.6 Å². The van der Waals surface area contributed by atoms with Gasteiger partial charge in [0, 0.05) is 31.6 Å². The maximum Gasteiger partial charge on any atom is 0.282 e. The lowest BCUT2D eigenvalue weighted by atomic mass is 10.0. The summed E-state index contributed by atoms with van der Waals surface area (Å²) in [4.78, 5) is 18.6. The monoisotopic (exact) mass is 623 g/mol. The number of fused-ring (bicyclic) bond motifs is 3. The number of ether oxygens (including phenoxy) is 1. The number of halogens is 3. The number of furan rings is 1. The van der Waals surface area contributed by atoms with E-state index in [0.717, 1.165) is 21.7 Å². The maximum absolute atomic E-state index is 13.8. The molecule has 0 aliphatic rings. The highest BCUT2D eigenvalue weighted by atomic mass is 35.5. The minimum atomic E-state index is -0.342. The summed E-state index contributed by atoms with van der Waals surface area (Å²) in [5.41, 5.74) is 2.27. The van der Waals surface area contributed by atoms with E-state index in [1.165, 1.54) is 4.68 Å². The normalized spacial score (nSPS) is 11.7. The Bertz CT molecular complexity index is 2270. The van der Waals surface area contributed by atoms with Crippen LogP contribution in [0.5, 0.6) is 5.75 Å². The summed E-state index contributed by atoms with van der Waals surface area (Å²) >= 11 is 18.7. The van der Waals surface area contributed by atoms with Gasteiger partial charge in [-0.3, -0.25) is 4.79 Å². The van der Waals surface area contributed by atoms with Crippen LogP contribution in [0, 0.1) is 0 Å². The Morgan fingerprint density at radius 3 is 2.44 bits per heavy atom. The van der Waals surface area contributed by atoms with Gasteiger partial charge in [0.25, 0.3) is 5.56 Å². The molecule has 0 unspecified atom stereocenters. The van der Waals surface area contributed by atoms with Gasteiger partial charge in [0.05, 0.1) is 17.1 Å². The van der Waals surface area contributed by atoms with Crippen molar-refractivity contribution in [1.82, 2.24) is 9.66 Å². The van der Waals surface area contributed by atoms with Gasteiger partial charge in [0.15, 0.2) is 5.76 Å². The van der Waals surface area contributed by atoms with Crippen molar-refractivity contribution in [1.29, 1.82) is 0 Å². The lowest BCUT2D eigenvalue weighted by Gasteiger charge is -2.13. The molecule has 2 heterocycles. The molecule has 0 radical (unpaired) electrons. The fourth-order valence-corrected chi connectivity index (χ4v) is 5.60. The number of hydrogen-bond acceptors (Lipinski definition) is 5. The molecule has 0 N–H and O–H groups in total. The number of benzene rings is 5. The van der Waals surface area contributed by atoms with Crippen LogP contribution in [0.2, 0.25) is 15.1 Å². The molecule has 9 heteroatoms. The molecule has 6 nitrogen and oxygen atoms in total. The zero-order chi connectivity index (χ0) is 29.5. The molecule has 0 spiro atoms. The van der Waals surface area contributed by atoms with Gasteiger partial charge in [0.2, 0.25) is 5.82 Å². The molecule has 5 aromatic carbocycles. The lowest BCUT2D eigenvalue weighted by molar-refractivity contribution is 0.306. The second kappa shape index (κ2) is 11.2. The van der Waals surface area contributed by atoms with E-state index in [1.807, 2.05) is 48.5 Å². The molecule has 0 amide bonds. The van der Waals surface area contributed by atoms with Crippen LogP contribution in [0.4, 0.5) is 0 Å². The minimum Gasteiger partial charge on any atom is -0.488 e. The first-order valence-electron chi connectivity index (χ1n) is 13.3. The zero-order valence-corrected chi connectivity index (χ0v) is 24.6. The third-order valence-corrected chi connectivity index (χ3v) is 7.91. The second-order valence-corrected chi connectivity index (χ2v) is 11.1. The zero-order valence-electron chi connectivity index (χ0n) is 22.3. The van der Waals surface area contributed by atoms with Gasteiger partial charge in [0.1, 0.15) is 17.9 Å². The predicted molar refractivity (Wildman–Crippen MR) is 174 cm³/mol. The van der Waals surface area contributed by atoms with Crippen molar-refractivity contribution in [3.8, 4) is 17.3 Å². The molecule has 210 valence electrons. The van der Waals surface area contributed by atoms with E-state index in [9.17, 15) is 4.79 Å². The van der Waals surface area contributed by atoms with Gasteiger partial charge in [-0.15, -0.1) is 0 Å². The Morgan fingerprint density at radius 1 is 0.814 bits per heavy atom. The third-order valence-electron chi connectivity index (χ3n) is 7.08. The van der Waals surface area contributed by atoms with Gasteiger partial charge in [-0.2, -0.15) is 9.78 Å². The predicted octanol–water partition coefficient (Wildman–Crippen LogP) is 9.38. The molecule has 0 atom stereocenters. The summed E-state index contributed by atoms with van der Waals surface area (Å²) in [6.45, 7) is 0.208. The molecule has 0 saturated heterocycles. The highest BCUT2D eigenvalue weighted by Gasteiger charge is 2.17. The summed E-state index contributed by atoms with van der Waals surface area (Å²) in [6, 6.07) is 31.2. The van der Waals surface area contributed by atoms with Crippen molar-refractivity contribution in [2.75, 3.05) is 0 Å². The Balaban J connectivity index is 1.38. The van der Waals surface area contributed by atoms with Crippen LogP contribution in [-0.4, -0.2) is 15.9 Å². The molecule has 43 heavy (non-hydrogen) atoms. The molecule has 0 aliphatic heterocycles. The number of para-hydroxylation sites is 1. The highest BCUT2D eigenvalue weighted by molar-refractivity contribution is 6.35. The Kier molecular flexibility index (Phi) is 7.11. The molecule has 0 aliphatic carbocycles. The van der Waals surface area contributed by atoms with Crippen molar-refractivity contribution < 1.29 is 9.15 Å². The minimum absolute atomic E-state index is 0.208. The summed E-state index contributed by atoms with van der Waals surface area (Å²) in [7, 11) is 0.